The molecule has 1 aromatic rings. The third-order valence-electron chi connectivity index (χ3n) is 2.42. The molecule has 0 saturated carbocycles. The minimum Gasteiger partial charge on any atom is -0.488 e. The Kier molecular flexibility index (Phi) is 6.15. The van der Waals surface area contributed by atoms with Crippen molar-refractivity contribution in [1.29, 1.82) is 0 Å². The number of carbonyl (C=O) groups is 2. The third-order valence-corrected chi connectivity index (χ3v) is 2.42. The Hall–Kier alpha value is -2.31. The first kappa shape index (κ1) is 17.7. The summed E-state index contributed by atoms with van der Waals surface area (Å²) in [7, 11) is 1.18. The molecule has 6 nitrogen and oxygen atoms in total. The van der Waals surface area contributed by atoms with Gasteiger partial charge in [-0.2, -0.15) is 0 Å². The van der Waals surface area contributed by atoms with Gasteiger partial charge in [0, 0.05) is 0 Å². The summed E-state index contributed by atoms with van der Waals surface area (Å²) in [6, 6.07) is 4.63. The molecule has 1 amide bonds. The second-order valence-electron chi connectivity index (χ2n) is 5.46. The van der Waals surface area contributed by atoms with Crippen LogP contribution in [0.25, 0.3) is 0 Å². The normalized spacial score (nSPS) is 12.2. The Labute approximate surface area is 128 Å². The van der Waals surface area contributed by atoms with Crippen molar-refractivity contribution in [2.24, 2.45) is 0 Å². The van der Waals surface area contributed by atoms with Gasteiger partial charge < -0.3 is 19.5 Å². The van der Waals surface area contributed by atoms with Gasteiger partial charge in [0.05, 0.1) is 7.11 Å². The minimum atomic E-state index is -1.11. The highest BCUT2D eigenvalue weighted by Gasteiger charge is 2.26. The summed E-state index contributed by atoms with van der Waals surface area (Å²) in [6.07, 6.45) is -0.792. The topological polar surface area (TPSA) is 73.9 Å². The van der Waals surface area contributed by atoms with Crippen molar-refractivity contribution in [1.82, 2.24) is 5.32 Å². The van der Waals surface area contributed by atoms with E-state index in [2.05, 4.69) is 10.1 Å². The number of nitrogens with one attached hydrogen (secondary N) is 1. The summed E-state index contributed by atoms with van der Waals surface area (Å²) in [4.78, 5) is 23.4. The average molecular weight is 313 g/mol. The van der Waals surface area contributed by atoms with Gasteiger partial charge in [0.1, 0.15) is 12.2 Å². The number of methoxy groups -OCH3 is 1. The summed E-state index contributed by atoms with van der Waals surface area (Å²) in [5.74, 6) is -1.31. The maximum absolute atomic E-state index is 13.5. The maximum atomic E-state index is 13.5. The average Bonchev–Trinajstić information content (AvgIpc) is 2.42. The standard InChI is InChI=1S/C15H20FNO5/c1-15(2,3)22-14(19)17-11(13(18)20-4)9-21-12-8-6-5-7-10(12)16/h5-8,11H,9H2,1-4H3,(H,17,19)/t11-/m1/s1. The third kappa shape index (κ3) is 5.99. The van der Waals surface area contributed by atoms with Crippen LogP contribution in [0.15, 0.2) is 24.3 Å². The Bertz CT molecular complexity index is 527. The second-order valence-corrected chi connectivity index (χ2v) is 5.46. The number of esters is 1. The molecular formula is C15H20FNO5. The van der Waals surface area contributed by atoms with E-state index in [1.165, 1.54) is 25.3 Å². The molecule has 22 heavy (non-hydrogen) atoms. The number of carbonyl (C=O) groups excluding carboxylic acids is 2. The molecule has 0 bridgehead atoms. The fourth-order valence-corrected chi connectivity index (χ4v) is 1.50. The van der Waals surface area contributed by atoms with Gasteiger partial charge in [-0.25, -0.2) is 14.0 Å². The monoisotopic (exact) mass is 313 g/mol. The van der Waals surface area contributed by atoms with Crippen LogP contribution in [0.1, 0.15) is 20.8 Å². The Morgan fingerprint density at radius 1 is 1.27 bits per heavy atom. The molecular weight excluding hydrogens is 293 g/mol. The predicted molar refractivity (Wildman–Crippen MR) is 77.1 cm³/mol. The van der Waals surface area contributed by atoms with Crippen LogP contribution in [0, 0.1) is 5.82 Å². The Balaban J connectivity index is 2.67. The molecule has 0 radical (unpaired) electrons. The molecule has 0 spiro atoms. The first-order chi connectivity index (χ1) is 10.2. The van der Waals surface area contributed by atoms with Gasteiger partial charge in [-0.05, 0) is 32.9 Å². The highest BCUT2D eigenvalue weighted by atomic mass is 19.1. The zero-order chi connectivity index (χ0) is 16.8. The quantitative estimate of drug-likeness (QED) is 0.844. The highest BCUT2D eigenvalue weighted by Crippen LogP contribution is 2.15. The van der Waals surface area contributed by atoms with Crippen LogP contribution < -0.4 is 10.1 Å². The van der Waals surface area contributed by atoms with Crippen LogP contribution in [0.2, 0.25) is 0 Å². The lowest BCUT2D eigenvalue weighted by molar-refractivity contribution is -0.143. The number of rotatable bonds is 5. The molecule has 0 fully saturated rings. The van der Waals surface area contributed by atoms with E-state index in [1.807, 2.05) is 0 Å². The smallest absolute Gasteiger partial charge is 0.408 e. The van der Waals surface area contributed by atoms with Crippen LogP contribution in [-0.2, 0) is 14.3 Å². The number of alkyl carbamates (subject to hydrolysis) is 1. The zero-order valence-corrected chi connectivity index (χ0v) is 13.0. The first-order valence-corrected chi connectivity index (χ1v) is 6.67. The van der Waals surface area contributed by atoms with Gasteiger partial charge >= 0.3 is 12.1 Å². The van der Waals surface area contributed by atoms with Crippen molar-refractivity contribution in [3.8, 4) is 5.75 Å². The molecule has 0 heterocycles. The number of halogens is 1. The Morgan fingerprint density at radius 3 is 2.45 bits per heavy atom. The van der Waals surface area contributed by atoms with Crippen molar-refractivity contribution in [2.75, 3.05) is 13.7 Å². The van der Waals surface area contributed by atoms with Gasteiger partial charge in [0.25, 0.3) is 0 Å². The van der Waals surface area contributed by atoms with Crippen LogP contribution in [0.3, 0.4) is 0 Å². The van der Waals surface area contributed by atoms with Crippen LogP contribution in [0.5, 0.6) is 5.75 Å². The lowest BCUT2D eigenvalue weighted by atomic mass is 10.2. The van der Waals surface area contributed by atoms with Gasteiger partial charge in [0.2, 0.25) is 0 Å². The molecule has 0 unspecified atom stereocenters. The molecule has 7 heteroatoms. The molecule has 1 rings (SSSR count). The van der Waals surface area contributed by atoms with Crippen molar-refractivity contribution >= 4 is 12.1 Å². The van der Waals surface area contributed by atoms with E-state index in [-0.39, 0.29) is 12.4 Å². The minimum absolute atomic E-state index is 0.0256. The molecule has 122 valence electrons. The highest BCUT2D eigenvalue weighted by molar-refractivity contribution is 5.81. The van der Waals surface area contributed by atoms with Crippen LogP contribution in [0.4, 0.5) is 9.18 Å². The van der Waals surface area contributed by atoms with E-state index < -0.39 is 29.5 Å². The van der Waals surface area contributed by atoms with E-state index in [0.29, 0.717) is 0 Å². The molecule has 0 aromatic heterocycles. The summed E-state index contributed by atoms with van der Waals surface area (Å²) >= 11 is 0. The molecule has 0 aliphatic heterocycles. The number of ether oxygens (including phenoxy) is 3. The summed E-state index contributed by atoms with van der Waals surface area (Å²) in [6.45, 7) is 4.79. The number of para-hydroxylation sites is 1. The van der Waals surface area contributed by atoms with Gasteiger partial charge in [-0.15, -0.1) is 0 Å². The summed E-state index contributed by atoms with van der Waals surface area (Å²) in [5.41, 5.74) is -0.711. The molecule has 1 N–H and O–H groups in total. The van der Waals surface area contributed by atoms with E-state index in [4.69, 9.17) is 9.47 Å². The van der Waals surface area contributed by atoms with Gasteiger partial charge in [-0.3, -0.25) is 0 Å². The molecule has 0 aliphatic rings. The fraction of sp³-hybridized carbons (Fsp3) is 0.467. The van der Waals surface area contributed by atoms with Crippen LogP contribution in [-0.4, -0.2) is 37.4 Å². The fourth-order valence-electron chi connectivity index (χ4n) is 1.50. The first-order valence-electron chi connectivity index (χ1n) is 6.67. The largest absolute Gasteiger partial charge is 0.488 e. The van der Waals surface area contributed by atoms with Gasteiger partial charge in [-0.1, -0.05) is 12.1 Å². The molecule has 1 atom stereocenters. The van der Waals surface area contributed by atoms with E-state index in [9.17, 15) is 14.0 Å². The predicted octanol–water partition coefficient (Wildman–Crippen LogP) is 2.27. The molecule has 1 aromatic carbocycles. The lowest BCUT2D eigenvalue weighted by Gasteiger charge is -2.22. The van der Waals surface area contributed by atoms with E-state index in [1.54, 1.807) is 26.8 Å². The number of amides is 1. The summed E-state index contributed by atoms with van der Waals surface area (Å²) in [5, 5.41) is 2.33. The molecule has 0 aliphatic carbocycles. The van der Waals surface area contributed by atoms with Crippen molar-refractivity contribution in [3.05, 3.63) is 30.1 Å². The second kappa shape index (κ2) is 7.63. The maximum Gasteiger partial charge on any atom is 0.408 e. The van der Waals surface area contributed by atoms with Crippen molar-refractivity contribution in [2.45, 2.75) is 32.4 Å². The van der Waals surface area contributed by atoms with E-state index >= 15 is 0 Å². The summed E-state index contributed by atoms with van der Waals surface area (Å²) < 4.78 is 28.3. The zero-order valence-electron chi connectivity index (χ0n) is 13.0. The number of hydrogen-bond donors (Lipinski definition) is 1. The van der Waals surface area contributed by atoms with Crippen molar-refractivity contribution < 1.29 is 28.2 Å². The Morgan fingerprint density at radius 2 is 1.91 bits per heavy atom. The lowest BCUT2D eigenvalue weighted by Crippen LogP contribution is -2.47. The van der Waals surface area contributed by atoms with Gasteiger partial charge in [0.15, 0.2) is 17.6 Å². The van der Waals surface area contributed by atoms with Crippen molar-refractivity contribution in [3.63, 3.8) is 0 Å². The van der Waals surface area contributed by atoms with Crippen LogP contribution >= 0.6 is 0 Å². The van der Waals surface area contributed by atoms with E-state index in [0.717, 1.165) is 0 Å². The molecule has 0 saturated heterocycles. The number of hydrogen-bond acceptors (Lipinski definition) is 5. The number of benzene rings is 1. The SMILES string of the molecule is COC(=O)[C@@H](COc1ccccc1F)NC(=O)OC(C)(C)C.